The zero-order valence-corrected chi connectivity index (χ0v) is 10.9. The summed E-state index contributed by atoms with van der Waals surface area (Å²) in [5, 5.41) is 4.88. The van der Waals surface area contributed by atoms with Crippen LogP contribution >= 0.6 is 0 Å². The first-order chi connectivity index (χ1) is 7.85. The van der Waals surface area contributed by atoms with Gasteiger partial charge >= 0.3 is 0 Å². The second-order valence-electron chi connectivity index (χ2n) is 4.39. The molecule has 0 aliphatic heterocycles. The number of amides is 3. The molecule has 0 unspecified atom stereocenters. The highest BCUT2D eigenvalue weighted by molar-refractivity contribution is 5.90. The molecule has 2 N–H and O–H groups in total. The van der Waals surface area contributed by atoms with Crippen molar-refractivity contribution in [3.63, 3.8) is 0 Å². The van der Waals surface area contributed by atoms with Gasteiger partial charge in [0.15, 0.2) is 0 Å². The van der Waals surface area contributed by atoms with Gasteiger partial charge in [0.05, 0.1) is 6.54 Å². The molecule has 0 saturated carbocycles. The largest absolute Gasteiger partial charge is 0.345 e. The van der Waals surface area contributed by atoms with E-state index in [2.05, 4.69) is 10.6 Å². The number of nitrogens with one attached hydrogen (secondary N) is 2. The fourth-order valence-electron chi connectivity index (χ4n) is 1.18. The molecule has 0 bridgehead atoms. The molecule has 6 heteroatoms. The first kappa shape index (κ1) is 15.4. The smallest absolute Gasteiger partial charge is 0.245 e. The van der Waals surface area contributed by atoms with E-state index in [-0.39, 0.29) is 18.4 Å². The molecular formula is C11H21N3O3. The Balaban J connectivity index is 4.15. The van der Waals surface area contributed by atoms with E-state index in [4.69, 9.17) is 0 Å². The Morgan fingerprint density at radius 3 is 2.41 bits per heavy atom. The van der Waals surface area contributed by atoms with Gasteiger partial charge in [0.25, 0.3) is 0 Å². The van der Waals surface area contributed by atoms with Crippen molar-refractivity contribution in [2.24, 2.45) is 0 Å². The van der Waals surface area contributed by atoms with Crippen molar-refractivity contribution in [2.75, 3.05) is 20.1 Å². The molecule has 3 amide bonds. The van der Waals surface area contributed by atoms with Crippen LogP contribution in [0.3, 0.4) is 0 Å². The number of nitrogens with zero attached hydrogens (tertiary/aromatic N) is 1. The lowest BCUT2D eigenvalue weighted by molar-refractivity contribution is -0.134. The molecule has 0 rings (SSSR count). The lowest BCUT2D eigenvalue weighted by atomic mass is 10.1. The first-order valence-electron chi connectivity index (χ1n) is 5.58. The third-order valence-corrected chi connectivity index (χ3v) is 2.37. The second-order valence-corrected chi connectivity index (χ2v) is 4.39. The number of hydrogen-bond acceptors (Lipinski definition) is 3. The summed E-state index contributed by atoms with van der Waals surface area (Å²) in [5.74, 6) is -0.537. The minimum Gasteiger partial charge on any atom is -0.345 e. The summed E-state index contributed by atoms with van der Waals surface area (Å²) in [6, 6.07) is 0. The van der Waals surface area contributed by atoms with E-state index >= 15 is 0 Å². The van der Waals surface area contributed by atoms with Crippen LogP contribution < -0.4 is 10.6 Å². The molecule has 17 heavy (non-hydrogen) atoms. The van der Waals surface area contributed by atoms with Crippen molar-refractivity contribution < 1.29 is 14.4 Å². The summed E-state index contributed by atoms with van der Waals surface area (Å²) in [6.45, 7) is 5.71. The highest BCUT2D eigenvalue weighted by Gasteiger charge is 2.26. The highest BCUT2D eigenvalue weighted by atomic mass is 16.2. The lowest BCUT2D eigenvalue weighted by Gasteiger charge is -2.23. The van der Waals surface area contributed by atoms with Crippen LogP contribution in [0, 0.1) is 0 Å². The van der Waals surface area contributed by atoms with E-state index in [0.717, 1.165) is 6.42 Å². The molecule has 6 nitrogen and oxygen atoms in total. The third kappa shape index (κ3) is 5.33. The van der Waals surface area contributed by atoms with Crippen LogP contribution in [0.1, 0.15) is 27.2 Å². The van der Waals surface area contributed by atoms with Crippen molar-refractivity contribution in [2.45, 2.75) is 32.7 Å². The Morgan fingerprint density at radius 2 is 1.94 bits per heavy atom. The van der Waals surface area contributed by atoms with Crippen molar-refractivity contribution in [1.82, 2.24) is 15.5 Å². The van der Waals surface area contributed by atoms with Gasteiger partial charge in [-0.2, -0.15) is 0 Å². The van der Waals surface area contributed by atoms with Gasteiger partial charge < -0.3 is 15.5 Å². The van der Waals surface area contributed by atoms with Gasteiger partial charge in [-0.3, -0.25) is 14.4 Å². The normalized spacial score (nSPS) is 10.6. The van der Waals surface area contributed by atoms with E-state index in [1.54, 1.807) is 25.8 Å². The maximum absolute atomic E-state index is 11.6. The zero-order valence-electron chi connectivity index (χ0n) is 10.9. The van der Waals surface area contributed by atoms with E-state index in [0.29, 0.717) is 13.0 Å². The van der Waals surface area contributed by atoms with Crippen molar-refractivity contribution >= 4 is 18.2 Å². The van der Waals surface area contributed by atoms with Crippen LogP contribution in [0.25, 0.3) is 0 Å². The summed E-state index contributed by atoms with van der Waals surface area (Å²) in [7, 11) is 1.69. The topological polar surface area (TPSA) is 78.5 Å². The van der Waals surface area contributed by atoms with Gasteiger partial charge in [0, 0.05) is 13.6 Å². The second kappa shape index (κ2) is 6.88. The number of hydrogen-bond donors (Lipinski definition) is 2. The Kier molecular flexibility index (Phi) is 6.23. The van der Waals surface area contributed by atoms with Crippen LogP contribution in [0.4, 0.5) is 0 Å². The summed E-state index contributed by atoms with van der Waals surface area (Å²) in [4.78, 5) is 35.0. The quantitative estimate of drug-likeness (QED) is 0.591. The fraction of sp³-hybridized carbons (Fsp3) is 0.727. The summed E-state index contributed by atoms with van der Waals surface area (Å²) in [5.41, 5.74) is -1.01. The lowest BCUT2D eigenvalue weighted by Crippen LogP contribution is -2.53. The first-order valence-corrected chi connectivity index (χ1v) is 5.58. The minimum atomic E-state index is -1.01. The predicted molar refractivity (Wildman–Crippen MR) is 64.2 cm³/mol. The van der Waals surface area contributed by atoms with Crippen LogP contribution in [0.5, 0.6) is 0 Å². The Hall–Kier alpha value is -1.59. The van der Waals surface area contributed by atoms with E-state index in [1.165, 1.54) is 0 Å². The molecule has 0 aromatic rings. The molecule has 0 saturated heterocycles. The minimum absolute atomic E-state index is 0.0562. The number of carbonyl (C=O) groups is 3. The van der Waals surface area contributed by atoms with Gasteiger partial charge in [-0.15, -0.1) is 0 Å². The molecular weight excluding hydrogens is 222 g/mol. The maximum Gasteiger partial charge on any atom is 0.245 e. The van der Waals surface area contributed by atoms with Gasteiger partial charge in [-0.25, -0.2) is 0 Å². The van der Waals surface area contributed by atoms with Crippen LogP contribution in [0.2, 0.25) is 0 Å². The van der Waals surface area contributed by atoms with Gasteiger partial charge in [-0.1, -0.05) is 6.92 Å². The van der Waals surface area contributed by atoms with Crippen LogP contribution in [-0.4, -0.2) is 48.8 Å². The molecule has 0 atom stereocenters. The molecule has 0 heterocycles. The molecule has 0 spiro atoms. The Bertz CT molecular complexity index is 290. The summed E-state index contributed by atoms with van der Waals surface area (Å²) >= 11 is 0. The van der Waals surface area contributed by atoms with Gasteiger partial charge in [-0.05, 0) is 20.3 Å². The number of likely N-dealkylation sites (N-methyl/N-ethyl adjacent to an activating group) is 1. The van der Waals surface area contributed by atoms with Crippen LogP contribution in [-0.2, 0) is 14.4 Å². The molecule has 0 radical (unpaired) electrons. The summed E-state index contributed by atoms with van der Waals surface area (Å²) in [6.07, 6.45) is 1.33. The standard InChI is InChI=1S/C11H21N3O3/c1-5-6-14(4)9(16)7-12-10(17)11(2,3)13-8-15/h8H,5-7H2,1-4H3,(H,12,17)(H,13,15). The molecule has 0 aromatic heterocycles. The van der Waals surface area contributed by atoms with Gasteiger partial charge in [0.1, 0.15) is 5.54 Å². The SMILES string of the molecule is CCCN(C)C(=O)CNC(=O)C(C)(C)NC=O. The molecule has 0 aliphatic rings. The maximum atomic E-state index is 11.6. The third-order valence-electron chi connectivity index (χ3n) is 2.37. The average Bonchev–Trinajstić information content (AvgIpc) is 2.25. The predicted octanol–water partition coefficient (Wildman–Crippen LogP) is -0.504. The molecule has 0 fully saturated rings. The van der Waals surface area contributed by atoms with Gasteiger partial charge in [0.2, 0.25) is 18.2 Å². The summed E-state index contributed by atoms with van der Waals surface area (Å²) < 4.78 is 0. The Morgan fingerprint density at radius 1 is 1.35 bits per heavy atom. The van der Waals surface area contributed by atoms with Crippen LogP contribution in [0.15, 0.2) is 0 Å². The Labute approximate surface area is 102 Å². The fourth-order valence-corrected chi connectivity index (χ4v) is 1.18. The average molecular weight is 243 g/mol. The number of rotatable bonds is 7. The van der Waals surface area contributed by atoms with Crippen molar-refractivity contribution in [1.29, 1.82) is 0 Å². The zero-order chi connectivity index (χ0) is 13.5. The van der Waals surface area contributed by atoms with E-state index in [1.807, 2.05) is 6.92 Å². The molecule has 98 valence electrons. The number of carbonyl (C=O) groups excluding carboxylic acids is 3. The monoisotopic (exact) mass is 243 g/mol. The molecule has 0 aliphatic carbocycles. The van der Waals surface area contributed by atoms with Crippen molar-refractivity contribution in [3.05, 3.63) is 0 Å². The highest BCUT2D eigenvalue weighted by Crippen LogP contribution is 2.00. The van der Waals surface area contributed by atoms with Crippen molar-refractivity contribution in [3.8, 4) is 0 Å². The van der Waals surface area contributed by atoms with E-state index in [9.17, 15) is 14.4 Å². The molecule has 0 aromatic carbocycles. The van der Waals surface area contributed by atoms with E-state index < -0.39 is 5.54 Å².